The van der Waals surface area contributed by atoms with Crippen molar-refractivity contribution in [3.8, 4) is 11.5 Å². The zero-order valence-corrected chi connectivity index (χ0v) is 18.6. The van der Waals surface area contributed by atoms with Crippen LogP contribution in [0.1, 0.15) is 22.6 Å². The Hall–Kier alpha value is -2.20. The summed E-state index contributed by atoms with van der Waals surface area (Å²) in [7, 11) is 4.04. The van der Waals surface area contributed by atoms with Crippen LogP contribution in [0.25, 0.3) is 0 Å². The van der Waals surface area contributed by atoms with Crippen LogP contribution < -0.4 is 4.74 Å². The van der Waals surface area contributed by atoms with Gasteiger partial charge in [0, 0.05) is 12.5 Å². The quantitative estimate of drug-likeness (QED) is 0.485. The zero-order chi connectivity index (χ0) is 21.4. The van der Waals surface area contributed by atoms with Gasteiger partial charge in [-0.05, 0) is 55.1 Å². The summed E-state index contributed by atoms with van der Waals surface area (Å²) in [5, 5.41) is 9.80. The summed E-state index contributed by atoms with van der Waals surface area (Å²) in [6.07, 6.45) is 0. The van der Waals surface area contributed by atoms with E-state index in [4.69, 9.17) is 27.9 Å². The van der Waals surface area contributed by atoms with Gasteiger partial charge in [-0.15, -0.1) is 0 Å². The number of aromatic hydroxyl groups is 1. The Labute approximate surface area is 187 Å². The van der Waals surface area contributed by atoms with Crippen molar-refractivity contribution in [2.24, 2.45) is 0 Å². The number of phenolic OH excluding ortho intramolecular Hbond substituents is 1. The Morgan fingerprint density at radius 3 is 2.00 bits per heavy atom. The van der Waals surface area contributed by atoms with Crippen molar-refractivity contribution in [3.05, 3.63) is 95.6 Å². The molecule has 0 radical (unpaired) electrons. The Bertz CT molecular complexity index is 988. The van der Waals surface area contributed by atoms with Crippen molar-refractivity contribution in [1.82, 2.24) is 4.90 Å². The van der Waals surface area contributed by atoms with Gasteiger partial charge >= 0.3 is 0 Å². The second-order valence-corrected chi connectivity index (χ2v) is 9.38. The Morgan fingerprint density at radius 2 is 1.43 bits per heavy atom. The van der Waals surface area contributed by atoms with Gasteiger partial charge in [-0.3, -0.25) is 0 Å². The van der Waals surface area contributed by atoms with Gasteiger partial charge in [0.1, 0.15) is 22.4 Å². The lowest BCUT2D eigenvalue weighted by Gasteiger charge is -2.21. The molecule has 3 aromatic rings. The third-order valence-electron chi connectivity index (χ3n) is 5.81. The minimum atomic E-state index is -1.02. The first-order chi connectivity index (χ1) is 14.4. The normalized spacial score (nSPS) is 22.1. The third kappa shape index (κ3) is 3.56. The van der Waals surface area contributed by atoms with E-state index in [1.807, 2.05) is 68.7 Å². The molecule has 1 N–H and O–H groups in total. The number of halogens is 2. The van der Waals surface area contributed by atoms with Gasteiger partial charge in [0.15, 0.2) is 0 Å². The number of hydrogen-bond acceptors (Lipinski definition) is 3. The van der Waals surface area contributed by atoms with Crippen LogP contribution in [-0.4, -0.2) is 41.6 Å². The molecule has 0 spiro atoms. The van der Waals surface area contributed by atoms with Crippen molar-refractivity contribution in [2.75, 3.05) is 27.2 Å². The SMILES string of the molecule is CN(C)CCOc1ccc(C2(c3ccc(O)cc3)C(c3ccccc3)C2(Cl)Cl)cc1. The molecule has 1 aliphatic rings. The lowest BCUT2D eigenvalue weighted by atomic mass is 9.84. The van der Waals surface area contributed by atoms with Crippen LogP contribution in [0.2, 0.25) is 0 Å². The molecular weight excluding hydrogens is 417 g/mol. The first-order valence-electron chi connectivity index (χ1n) is 9.97. The van der Waals surface area contributed by atoms with Crippen LogP contribution in [0.3, 0.4) is 0 Å². The molecule has 1 aliphatic carbocycles. The molecule has 0 saturated heterocycles. The van der Waals surface area contributed by atoms with Gasteiger partial charge in [-0.2, -0.15) is 0 Å². The first kappa shape index (κ1) is 21.0. The van der Waals surface area contributed by atoms with E-state index in [1.165, 1.54) is 0 Å². The maximum atomic E-state index is 9.80. The van der Waals surface area contributed by atoms with Crippen molar-refractivity contribution in [1.29, 1.82) is 0 Å². The summed E-state index contributed by atoms with van der Waals surface area (Å²) in [6.45, 7) is 1.47. The molecular formula is C25H25Cl2NO2. The Kier molecular flexibility index (Phi) is 5.71. The van der Waals surface area contributed by atoms with E-state index < -0.39 is 9.75 Å². The second kappa shape index (κ2) is 8.14. The molecule has 0 amide bonds. The summed E-state index contributed by atoms with van der Waals surface area (Å²) in [5.74, 6) is 0.915. The van der Waals surface area contributed by atoms with E-state index >= 15 is 0 Å². The first-order valence-corrected chi connectivity index (χ1v) is 10.7. The lowest BCUT2D eigenvalue weighted by Crippen LogP contribution is -2.19. The number of rotatable bonds is 7. The van der Waals surface area contributed by atoms with Gasteiger partial charge in [0.05, 0.1) is 5.41 Å². The fraction of sp³-hybridized carbons (Fsp3) is 0.280. The van der Waals surface area contributed by atoms with Crippen LogP contribution in [0.15, 0.2) is 78.9 Å². The highest BCUT2D eigenvalue weighted by Gasteiger charge is 2.77. The van der Waals surface area contributed by atoms with Gasteiger partial charge < -0.3 is 14.7 Å². The largest absolute Gasteiger partial charge is 0.508 e. The number of phenols is 1. The minimum absolute atomic E-state index is 0.111. The van der Waals surface area contributed by atoms with Crippen molar-refractivity contribution < 1.29 is 9.84 Å². The van der Waals surface area contributed by atoms with E-state index in [0.29, 0.717) is 6.61 Å². The highest BCUT2D eigenvalue weighted by Crippen LogP contribution is 2.77. The molecule has 30 heavy (non-hydrogen) atoms. The predicted molar refractivity (Wildman–Crippen MR) is 123 cm³/mol. The molecule has 3 nitrogen and oxygen atoms in total. The molecule has 1 saturated carbocycles. The maximum Gasteiger partial charge on any atom is 0.140 e. The van der Waals surface area contributed by atoms with Gasteiger partial charge in [0.25, 0.3) is 0 Å². The van der Waals surface area contributed by atoms with Crippen LogP contribution in [0.4, 0.5) is 0 Å². The molecule has 4 rings (SSSR count). The average molecular weight is 442 g/mol. The van der Waals surface area contributed by atoms with Gasteiger partial charge in [-0.1, -0.05) is 77.8 Å². The van der Waals surface area contributed by atoms with Crippen LogP contribution >= 0.6 is 23.2 Å². The number of likely N-dealkylation sites (N-methyl/N-ethyl adjacent to an activating group) is 1. The highest BCUT2D eigenvalue weighted by atomic mass is 35.5. The fourth-order valence-electron chi connectivity index (χ4n) is 4.28. The molecule has 0 bridgehead atoms. The van der Waals surface area contributed by atoms with E-state index in [2.05, 4.69) is 17.0 Å². The maximum absolute atomic E-state index is 9.80. The summed E-state index contributed by atoms with van der Waals surface area (Å²) in [4.78, 5) is 2.08. The van der Waals surface area contributed by atoms with Crippen molar-refractivity contribution in [2.45, 2.75) is 15.7 Å². The second-order valence-electron chi connectivity index (χ2n) is 8.00. The summed E-state index contributed by atoms with van der Waals surface area (Å²) in [5.41, 5.74) is 2.46. The number of alkyl halides is 2. The molecule has 0 aliphatic heterocycles. The molecule has 0 heterocycles. The standard InChI is InChI=1S/C25H25Cl2NO2/c1-28(2)16-17-30-22-14-10-20(11-15-22)24(19-8-12-21(29)13-9-19)23(25(24,26)27)18-6-4-3-5-7-18/h3-15,23,29H,16-17H2,1-2H3. The molecule has 156 valence electrons. The third-order valence-corrected chi connectivity index (χ3v) is 6.84. The smallest absolute Gasteiger partial charge is 0.140 e. The monoisotopic (exact) mass is 441 g/mol. The van der Waals surface area contributed by atoms with Crippen molar-refractivity contribution >= 4 is 23.2 Å². The van der Waals surface area contributed by atoms with E-state index in [1.54, 1.807) is 12.1 Å². The fourth-order valence-corrected chi connectivity index (χ4v) is 5.40. The van der Waals surface area contributed by atoms with Crippen LogP contribution in [-0.2, 0) is 5.41 Å². The average Bonchev–Trinajstić information content (AvgIpc) is 3.26. The van der Waals surface area contributed by atoms with E-state index in [0.717, 1.165) is 29.0 Å². The number of benzene rings is 3. The number of hydrogen-bond donors (Lipinski definition) is 1. The Balaban J connectivity index is 1.73. The van der Waals surface area contributed by atoms with E-state index in [9.17, 15) is 5.11 Å². The molecule has 0 aromatic heterocycles. The summed E-state index contributed by atoms with van der Waals surface area (Å²) < 4.78 is 4.83. The number of nitrogens with zero attached hydrogens (tertiary/aromatic N) is 1. The van der Waals surface area contributed by atoms with Gasteiger partial charge in [0.2, 0.25) is 0 Å². The zero-order valence-electron chi connectivity index (χ0n) is 17.1. The van der Waals surface area contributed by atoms with Gasteiger partial charge in [-0.25, -0.2) is 0 Å². The number of ether oxygens (including phenoxy) is 1. The molecule has 2 atom stereocenters. The Morgan fingerprint density at radius 1 is 0.867 bits per heavy atom. The molecule has 1 fully saturated rings. The minimum Gasteiger partial charge on any atom is -0.508 e. The van der Waals surface area contributed by atoms with E-state index in [-0.39, 0.29) is 11.7 Å². The topological polar surface area (TPSA) is 32.7 Å². The van der Waals surface area contributed by atoms with Crippen molar-refractivity contribution in [3.63, 3.8) is 0 Å². The molecule has 2 unspecified atom stereocenters. The molecule has 5 heteroatoms. The molecule has 3 aromatic carbocycles. The summed E-state index contributed by atoms with van der Waals surface area (Å²) >= 11 is 14.0. The lowest BCUT2D eigenvalue weighted by molar-refractivity contribution is 0.261. The predicted octanol–water partition coefficient (Wildman–Crippen LogP) is 5.59. The highest BCUT2D eigenvalue weighted by molar-refractivity contribution is 6.53. The summed E-state index contributed by atoms with van der Waals surface area (Å²) in [6, 6.07) is 25.3. The van der Waals surface area contributed by atoms with Crippen LogP contribution in [0.5, 0.6) is 11.5 Å². The van der Waals surface area contributed by atoms with Crippen LogP contribution in [0, 0.1) is 0 Å².